The number of rotatable bonds is 5. The van der Waals surface area contributed by atoms with Crippen molar-refractivity contribution in [3.8, 4) is 50.5 Å². The number of H-pyrrole nitrogens is 1. The van der Waals surface area contributed by atoms with E-state index in [1.54, 1.807) is 0 Å². The maximum Gasteiger partial charge on any atom is 0.292 e. The van der Waals surface area contributed by atoms with Gasteiger partial charge in [0.2, 0.25) is 0 Å². The van der Waals surface area contributed by atoms with Crippen LogP contribution >= 0.6 is 0 Å². The molecule has 0 aliphatic heterocycles. The van der Waals surface area contributed by atoms with Gasteiger partial charge in [0.1, 0.15) is 5.69 Å². The Labute approximate surface area is 273 Å². The molecule has 8 aromatic carbocycles. The minimum atomic E-state index is 1.06. The molecule has 0 unspecified atom stereocenters. The van der Waals surface area contributed by atoms with Crippen molar-refractivity contribution >= 4 is 32.6 Å². The van der Waals surface area contributed by atoms with Gasteiger partial charge in [0, 0.05) is 0 Å². The van der Waals surface area contributed by atoms with Crippen LogP contribution in [0.4, 0.5) is 0 Å². The summed E-state index contributed by atoms with van der Waals surface area (Å²) in [6.07, 6.45) is 0. The number of para-hydroxylation sites is 3. The number of fused-ring (bicyclic) bond motifs is 3. The Bertz CT molecular complexity index is 2550. The molecule has 1 heterocycles. The van der Waals surface area contributed by atoms with E-state index in [0.29, 0.717) is 0 Å². The van der Waals surface area contributed by atoms with E-state index in [1.807, 2.05) is 0 Å². The Morgan fingerprint density at radius 2 is 0.851 bits per heavy atom. The van der Waals surface area contributed by atoms with Crippen LogP contribution in [0.5, 0.6) is 0 Å². The molecule has 0 atom stereocenters. The fraction of sp³-hybridized carbons (Fsp3) is 0. The molecular formula is C45H31N2+. The van der Waals surface area contributed by atoms with Crippen LogP contribution in [-0.2, 0) is 0 Å². The van der Waals surface area contributed by atoms with Crippen molar-refractivity contribution in [3.63, 3.8) is 0 Å². The standard InChI is InChI=1S/C45H30N2/c1-4-15-31(16-5-1)43-37-23-10-11-24-38(37)44(32-17-6-2-7-18-32)40-30-34(27-28-39(40)43)33-19-14-20-35(29-33)45-46-41-25-12-13-26-42(41)47(45)36-21-8-3-9-22-36/h1-30H/p+1. The minimum Gasteiger partial charge on any atom is -0.236 e. The molecule has 9 aromatic rings. The lowest BCUT2D eigenvalue weighted by Gasteiger charge is -2.18. The molecule has 0 aliphatic carbocycles. The maximum atomic E-state index is 3.73. The highest BCUT2D eigenvalue weighted by molar-refractivity contribution is 6.21. The number of nitrogens with zero attached hydrogens (tertiary/aromatic N) is 1. The summed E-state index contributed by atoms with van der Waals surface area (Å²) in [4.78, 5) is 3.73. The van der Waals surface area contributed by atoms with Crippen LogP contribution in [0.15, 0.2) is 182 Å². The molecule has 0 saturated heterocycles. The summed E-state index contributed by atoms with van der Waals surface area (Å²) in [7, 11) is 0. The van der Waals surface area contributed by atoms with Crippen molar-refractivity contribution in [1.82, 2.24) is 4.98 Å². The van der Waals surface area contributed by atoms with Gasteiger partial charge in [0.15, 0.2) is 11.0 Å². The second kappa shape index (κ2) is 11.3. The van der Waals surface area contributed by atoms with Crippen LogP contribution < -0.4 is 4.57 Å². The van der Waals surface area contributed by atoms with Crippen molar-refractivity contribution in [2.45, 2.75) is 0 Å². The zero-order chi connectivity index (χ0) is 31.2. The van der Waals surface area contributed by atoms with Gasteiger partial charge in [0.05, 0.1) is 5.56 Å². The SMILES string of the molecule is c1ccc(-c2c3ccccc3c(-c3ccccc3)c3cc(-c4cccc(-c5[nH]c6ccccc6[n+]5-c5ccccc5)c4)ccc23)cc1. The molecule has 220 valence electrons. The number of hydrogen-bond acceptors (Lipinski definition) is 0. The fourth-order valence-corrected chi connectivity index (χ4v) is 7.16. The second-order valence-electron chi connectivity index (χ2n) is 12.0. The molecule has 2 heteroatoms. The highest BCUT2D eigenvalue weighted by atomic mass is 15.1. The lowest BCUT2D eigenvalue weighted by atomic mass is 9.85. The van der Waals surface area contributed by atoms with E-state index in [0.717, 1.165) is 28.1 Å². The van der Waals surface area contributed by atoms with Crippen LogP contribution in [0.2, 0.25) is 0 Å². The zero-order valence-corrected chi connectivity index (χ0v) is 25.8. The third-order valence-electron chi connectivity index (χ3n) is 9.25. The summed E-state index contributed by atoms with van der Waals surface area (Å²) >= 11 is 0. The summed E-state index contributed by atoms with van der Waals surface area (Å²) in [5.41, 5.74) is 11.9. The van der Waals surface area contributed by atoms with E-state index < -0.39 is 0 Å². The summed E-state index contributed by atoms with van der Waals surface area (Å²) in [5, 5.41) is 5.04. The molecule has 0 radical (unpaired) electrons. The van der Waals surface area contributed by atoms with Gasteiger partial charge >= 0.3 is 0 Å². The quantitative estimate of drug-likeness (QED) is 0.150. The van der Waals surface area contributed by atoms with Crippen molar-refractivity contribution < 1.29 is 4.57 Å². The van der Waals surface area contributed by atoms with Gasteiger partial charge in [-0.1, -0.05) is 140 Å². The highest BCUT2D eigenvalue weighted by Gasteiger charge is 2.22. The van der Waals surface area contributed by atoms with Gasteiger partial charge in [0.25, 0.3) is 5.82 Å². The topological polar surface area (TPSA) is 19.7 Å². The first-order valence-electron chi connectivity index (χ1n) is 16.1. The predicted octanol–water partition coefficient (Wildman–Crippen LogP) is 11.4. The van der Waals surface area contributed by atoms with E-state index in [2.05, 4.69) is 192 Å². The summed E-state index contributed by atoms with van der Waals surface area (Å²) in [6.45, 7) is 0. The van der Waals surface area contributed by atoms with Crippen molar-refractivity contribution in [2.24, 2.45) is 0 Å². The minimum absolute atomic E-state index is 1.06. The van der Waals surface area contributed by atoms with E-state index in [1.165, 1.54) is 54.9 Å². The smallest absolute Gasteiger partial charge is 0.236 e. The molecule has 0 bridgehead atoms. The molecule has 0 aliphatic rings. The van der Waals surface area contributed by atoms with Gasteiger partial charge < -0.3 is 0 Å². The number of nitrogens with one attached hydrogen (secondary N) is 1. The Morgan fingerprint density at radius 3 is 1.55 bits per heavy atom. The van der Waals surface area contributed by atoms with Gasteiger partial charge in [-0.2, -0.15) is 4.57 Å². The van der Waals surface area contributed by atoms with Crippen molar-refractivity contribution in [1.29, 1.82) is 0 Å². The summed E-state index contributed by atoms with van der Waals surface area (Å²) in [6, 6.07) is 65.5. The molecule has 0 spiro atoms. The van der Waals surface area contributed by atoms with Gasteiger partial charge in [-0.15, -0.1) is 0 Å². The third-order valence-corrected chi connectivity index (χ3v) is 9.25. The first-order chi connectivity index (χ1) is 23.3. The van der Waals surface area contributed by atoms with Crippen LogP contribution in [-0.4, -0.2) is 4.98 Å². The van der Waals surface area contributed by atoms with Crippen molar-refractivity contribution in [2.75, 3.05) is 0 Å². The molecular weight excluding hydrogens is 569 g/mol. The Balaban J connectivity index is 1.29. The monoisotopic (exact) mass is 599 g/mol. The lowest BCUT2D eigenvalue weighted by molar-refractivity contribution is -0.554. The van der Waals surface area contributed by atoms with E-state index >= 15 is 0 Å². The molecule has 2 nitrogen and oxygen atoms in total. The number of benzene rings is 8. The number of aromatic nitrogens is 2. The average Bonchev–Trinajstić information content (AvgIpc) is 3.54. The molecule has 0 saturated carbocycles. The Morgan fingerprint density at radius 1 is 0.340 bits per heavy atom. The predicted molar refractivity (Wildman–Crippen MR) is 197 cm³/mol. The van der Waals surface area contributed by atoms with Crippen LogP contribution in [0, 0.1) is 0 Å². The average molecular weight is 600 g/mol. The molecule has 47 heavy (non-hydrogen) atoms. The van der Waals surface area contributed by atoms with E-state index in [4.69, 9.17) is 0 Å². The molecule has 0 amide bonds. The van der Waals surface area contributed by atoms with Gasteiger partial charge in [-0.25, -0.2) is 4.98 Å². The second-order valence-corrected chi connectivity index (χ2v) is 12.0. The van der Waals surface area contributed by atoms with Crippen molar-refractivity contribution in [3.05, 3.63) is 182 Å². The first kappa shape index (κ1) is 27.1. The lowest BCUT2D eigenvalue weighted by Crippen LogP contribution is -2.31. The molecule has 0 fully saturated rings. The van der Waals surface area contributed by atoms with Crippen LogP contribution in [0.1, 0.15) is 0 Å². The number of aromatic amines is 1. The Kier molecular flexibility index (Phi) is 6.50. The fourth-order valence-electron chi connectivity index (χ4n) is 7.16. The van der Waals surface area contributed by atoms with Crippen LogP contribution in [0.25, 0.3) is 83.0 Å². The molecule has 1 aromatic heterocycles. The van der Waals surface area contributed by atoms with Gasteiger partial charge in [-0.05, 0) is 97.4 Å². The van der Waals surface area contributed by atoms with Gasteiger partial charge in [-0.3, -0.25) is 0 Å². The van der Waals surface area contributed by atoms with E-state index in [9.17, 15) is 0 Å². The summed E-state index contributed by atoms with van der Waals surface area (Å²) in [5.74, 6) is 1.06. The largest absolute Gasteiger partial charge is 0.292 e. The van der Waals surface area contributed by atoms with Crippen LogP contribution in [0.3, 0.4) is 0 Å². The normalized spacial score (nSPS) is 11.4. The first-order valence-corrected chi connectivity index (χ1v) is 16.1. The maximum absolute atomic E-state index is 3.73. The zero-order valence-electron chi connectivity index (χ0n) is 25.8. The number of hydrogen-bond donors (Lipinski definition) is 1. The Hall–Kier alpha value is -6.25. The van der Waals surface area contributed by atoms with E-state index in [-0.39, 0.29) is 0 Å². The molecule has 1 N–H and O–H groups in total. The number of imidazole rings is 1. The summed E-state index contributed by atoms with van der Waals surface area (Å²) < 4.78 is 2.32. The highest BCUT2D eigenvalue weighted by Crippen LogP contribution is 2.44. The third kappa shape index (κ3) is 4.62. The molecule has 9 rings (SSSR count).